The van der Waals surface area contributed by atoms with Crippen LogP contribution in [0.25, 0.3) is 33.0 Å². The van der Waals surface area contributed by atoms with Crippen molar-refractivity contribution in [3.63, 3.8) is 0 Å². The molecule has 3 aromatic carbocycles. The van der Waals surface area contributed by atoms with Crippen LogP contribution in [0.15, 0.2) is 48.5 Å². The van der Waals surface area contributed by atoms with Gasteiger partial charge in [0.1, 0.15) is 0 Å². The van der Waals surface area contributed by atoms with Crippen LogP contribution in [0.5, 0.6) is 0 Å². The Morgan fingerprint density at radius 3 is 1.56 bits per heavy atom. The van der Waals surface area contributed by atoms with E-state index in [0.717, 1.165) is 85.1 Å². The van der Waals surface area contributed by atoms with Crippen LogP contribution in [-0.2, 0) is 9.47 Å². The highest BCUT2D eigenvalue weighted by molar-refractivity contribution is 6.20. The number of nitrogens with zero attached hydrogens (tertiary/aromatic N) is 2. The Balaban J connectivity index is 0.00000400. The van der Waals surface area contributed by atoms with Gasteiger partial charge in [-0.3, -0.25) is 0 Å². The van der Waals surface area contributed by atoms with E-state index in [1.807, 2.05) is 42.5 Å². The van der Waals surface area contributed by atoms with Gasteiger partial charge in [0.05, 0.1) is 24.3 Å². The monoisotopic (exact) mass is 700 g/mol. The molecule has 48 heavy (non-hydrogen) atoms. The largest absolute Gasteiger partial charge is 0.462 e. The number of esters is 2. The Hall–Kier alpha value is -2.64. The van der Waals surface area contributed by atoms with E-state index in [0.29, 0.717) is 24.3 Å². The standard InChI is InChI=1S/C40H56N2O4.2ClH/c1-5-9-22-41(23-10-6-2)26-14-28-45-39(43)31-18-19-32-35-20-21-36(33-16-13-17-34(38(33)35)37(32)30-31)40(44)46-29-15-27-42(24-11-7-3)25-12-8-4;;/h13,16-21,30H,5-12,14-15,22-29H2,1-4H3;2*1H. The van der Waals surface area contributed by atoms with Crippen LogP contribution in [-0.4, -0.2) is 74.2 Å². The smallest absolute Gasteiger partial charge is 0.338 e. The van der Waals surface area contributed by atoms with Crippen molar-refractivity contribution < 1.29 is 19.1 Å². The van der Waals surface area contributed by atoms with Crippen molar-refractivity contribution in [3.05, 3.63) is 59.7 Å². The number of ether oxygens (including phenoxy) is 2. The molecule has 0 atom stereocenters. The van der Waals surface area contributed by atoms with Gasteiger partial charge in [0, 0.05) is 13.1 Å². The summed E-state index contributed by atoms with van der Waals surface area (Å²) >= 11 is 0. The van der Waals surface area contributed by atoms with Gasteiger partial charge in [0.2, 0.25) is 0 Å². The highest BCUT2D eigenvalue weighted by Gasteiger charge is 2.25. The Labute approximate surface area is 301 Å². The summed E-state index contributed by atoms with van der Waals surface area (Å²) in [7, 11) is 0. The number of hydrogen-bond donors (Lipinski definition) is 0. The molecule has 6 nitrogen and oxygen atoms in total. The van der Waals surface area contributed by atoms with E-state index in [9.17, 15) is 9.59 Å². The van der Waals surface area contributed by atoms with Gasteiger partial charge < -0.3 is 19.3 Å². The average molecular weight is 702 g/mol. The van der Waals surface area contributed by atoms with Crippen molar-refractivity contribution in [3.8, 4) is 22.3 Å². The molecule has 8 heteroatoms. The van der Waals surface area contributed by atoms with Crippen molar-refractivity contribution in [1.82, 2.24) is 9.80 Å². The van der Waals surface area contributed by atoms with Crippen LogP contribution in [0.3, 0.4) is 0 Å². The lowest BCUT2D eigenvalue weighted by atomic mass is 9.98. The molecule has 0 heterocycles. The van der Waals surface area contributed by atoms with Crippen LogP contribution in [0, 0.1) is 0 Å². The maximum absolute atomic E-state index is 13.3. The van der Waals surface area contributed by atoms with E-state index in [2.05, 4.69) is 43.6 Å². The number of unbranched alkanes of at least 4 members (excludes halogenated alkanes) is 4. The van der Waals surface area contributed by atoms with Gasteiger partial charge in [-0.2, -0.15) is 0 Å². The molecule has 1 aliphatic carbocycles. The van der Waals surface area contributed by atoms with E-state index in [4.69, 9.17) is 9.47 Å². The van der Waals surface area contributed by atoms with Crippen LogP contribution in [0.1, 0.15) is 113 Å². The number of carbonyl (C=O) groups excluding carboxylic acids is 2. The normalized spacial score (nSPS) is 11.4. The maximum atomic E-state index is 13.3. The fourth-order valence-corrected chi connectivity index (χ4v) is 6.43. The third-order valence-corrected chi connectivity index (χ3v) is 9.11. The van der Waals surface area contributed by atoms with Crippen LogP contribution >= 0.6 is 24.8 Å². The van der Waals surface area contributed by atoms with Crippen LogP contribution in [0.2, 0.25) is 0 Å². The molecular weight excluding hydrogens is 643 g/mol. The minimum atomic E-state index is -0.285. The Bertz CT molecular complexity index is 1410. The van der Waals surface area contributed by atoms with Crippen LogP contribution in [0.4, 0.5) is 0 Å². The molecule has 0 amide bonds. The van der Waals surface area contributed by atoms with Gasteiger partial charge in [0.15, 0.2) is 0 Å². The quantitative estimate of drug-likeness (QED) is 0.0601. The molecule has 0 bridgehead atoms. The van der Waals surface area contributed by atoms with Gasteiger partial charge in [0.25, 0.3) is 0 Å². The van der Waals surface area contributed by atoms with Gasteiger partial charge >= 0.3 is 11.9 Å². The first-order valence-corrected chi connectivity index (χ1v) is 18.0. The SMILES string of the molecule is CCCCN(CCCC)CCCOC(=O)c1ccc2c(c1)-c1cccc3c(C(=O)OCCCN(CCCC)CCCC)ccc-2c13.Cl.Cl. The Morgan fingerprint density at radius 1 is 0.542 bits per heavy atom. The number of halogens is 2. The summed E-state index contributed by atoms with van der Waals surface area (Å²) < 4.78 is 11.5. The summed E-state index contributed by atoms with van der Waals surface area (Å²) in [4.78, 5) is 31.3. The number of carbonyl (C=O) groups is 2. The molecule has 0 saturated heterocycles. The average Bonchev–Trinajstić information content (AvgIpc) is 3.40. The second-order valence-electron chi connectivity index (χ2n) is 12.7. The van der Waals surface area contributed by atoms with E-state index in [-0.39, 0.29) is 36.8 Å². The van der Waals surface area contributed by atoms with E-state index in [1.54, 1.807) is 0 Å². The van der Waals surface area contributed by atoms with Crippen molar-refractivity contribution in [2.75, 3.05) is 52.5 Å². The molecule has 0 aromatic heterocycles. The molecule has 0 saturated carbocycles. The molecule has 3 aromatic rings. The second kappa shape index (κ2) is 22.2. The fourth-order valence-electron chi connectivity index (χ4n) is 6.43. The number of hydrogen-bond acceptors (Lipinski definition) is 6. The minimum absolute atomic E-state index is 0. The predicted octanol–water partition coefficient (Wildman–Crippen LogP) is 10.2. The molecule has 0 fully saturated rings. The summed E-state index contributed by atoms with van der Waals surface area (Å²) in [6.45, 7) is 16.1. The van der Waals surface area contributed by atoms with Gasteiger partial charge in [-0.1, -0.05) is 83.7 Å². The minimum Gasteiger partial charge on any atom is -0.462 e. The lowest BCUT2D eigenvalue weighted by Gasteiger charge is -2.21. The first-order chi connectivity index (χ1) is 22.5. The second-order valence-corrected chi connectivity index (χ2v) is 12.7. The van der Waals surface area contributed by atoms with E-state index in [1.165, 1.54) is 51.4 Å². The third-order valence-electron chi connectivity index (χ3n) is 9.11. The Morgan fingerprint density at radius 2 is 1.02 bits per heavy atom. The molecular formula is C40H58Cl2N2O4. The summed E-state index contributed by atoms with van der Waals surface area (Å²) in [6, 6.07) is 15.8. The Kier molecular flexibility index (Phi) is 19.2. The van der Waals surface area contributed by atoms with Crippen molar-refractivity contribution in [2.45, 2.75) is 91.9 Å². The molecule has 266 valence electrons. The maximum Gasteiger partial charge on any atom is 0.338 e. The molecule has 0 N–H and O–H groups in total. The first-order valence-electron chi connectivity index (χ1n) is 18.0. The van der Waals surface area contributed by atoms with Gasteiger partial charge in [-0.25, -0.2) is 9.59 Å². The van der Waals surface area contributed by atoms with Gasteiger partial charge in [-0.05, 0) is 116 Å². The molecule has 0 aliphatic heterocycles. The fraction of sp³-hybridized carbons (Fsp3) is 0.550. The van der Waals surface area contributed by atoms with E-state index < -0.39 is 0 Å². The van der Waals surface area contributed by atoms with Crippen molar-refractivity contribution in [2.24, 2.45) is 0 Å². The molecule has 0 radical (unpaired) electrons. The topological polar surface area (TPSA) is 59.1 Å². The lowest BCUT2D eigenvalue weighted by Crippen LogP contribution is -2.28. The van der Waals surface area contributed by atoms with Crippen molar-refractivity contribution in [1.29, 1.82) is 0 Å². The molecule has 0 spiro atoms. The molecule has 4 rings (SSSR count). The van der Waals surface area contributed by atoms with E-state index >= 15 is 0 Å². The highest BCUT2D eigenvalue weighted by atomic mass is 35.5. The lowest BCUT2D eigenvalue weighted by molar-refractivity contribution is 0.0479. The van der Waals surface area contributed by atoms with Crippen molar-refractivity contribution >= 4 is 47.5 Å². The van der Waals surface area contributed by atoms with Crippen LogP contribution < -0.4 is 0 Å². The third kappa shape index (κ3) is 11.2. The summed E-state index contributed by atoms with van der Waals surface area (Å²) in [6.07, 6.45) is 11.2. The highest BCUT2D eigenvalue weighted by Crippen LogP contribution is 2.48. The predicted molar refractivity (Wildman–Crippen MR) is 205 cm³/mol. The summed E-state index contributed by atoms with van der Waals surface area (Å²) in [5, 5.41) is 1.94. The number of rotatable bonds is 22. The zero-order valence-corrected chi connectivity index (χ0v) is 31.3. The first kappa shape index (κ1) is 41.5. The zero-order valence-electron chi connectivity index (χ0n) is 29.7. The molecule has 1 aliphatic rings. The number of benzene rings is 3. The summed E-state index contributed by atoms with van der Waals surface area (Å²) in [5.74, 6) is -0.563. The number of fused-ring (bicyclic) bond motifs is 3. The van der Waals surface area contributed by atoms with Gasteiger partial charge in [-0.15, -0.1) is 24.8 Å². The molecule has 0 unspecified atom stereocenters. The summed E-state index contributed by atoms with van der Waals surface area (Å²) in [5.41, 5.74) is 5.35. The zero-order chi connectivity index (χ0) is 32.7.